The Kier molecular flexibility index (Phi) is 5.69. The lowest BCUT2D eigenvalue weighted by molar-refractivity contribution is -0.130. The molecule has 25 heavy (non-hydrogen) atoms. The monoisotopic (exact) mass is 388 g/mol. The van der Waals surface area contributed by atoms with Crippen LogP contribution in [0.1, 0.15) is 31.1 Å². The van der Waals surface area contributed by atoms with Gasteiger partial charge < -0.3 is 14.2 Å². The van der Waals surface area contributed by atoms with Crippen LogP contribution in [-0.2, 0) is 19.4 Å². The summed E-state index contributed by atoms with van der Waals surface area (Å²) in [6, 6.07) is 0.202. The van der Waals surface area contributed by atoms with Gasteiger partial charge >= 0.3 is 0 Å². The highest BCUT2D eigenvalue weighted by Crippen LogP contribution is 2.38. The molecule has 0 radical (unpaired) electrons. The maximum absolute atomic E-state index is 12.7. The summed E-state index contributed by atoms with van der Waals surface area (Å²) in [6.07, 6.45) is 2.75. The van der Waals surface area contributed by atoms with E-state index in [0.717, 1.165) is 23.8 Å². The van der Waals surface area contributed by atoms with Crippen molar-refractivity contribution >= 4 is 27.5 Å². The van der Waals surface area contributed by atoms with Gasteiger partial charge in [0.25, 0.3) is 0 Å². The molecule has 1 saturated heterocycles. The minimum absolute atomic E-state index is 0.0461. The van der Waals surface area contributed by atoms with Crippen LogP contribution in [0.3, 0.4) is 0 Å². The van der Waals surface area contributed by atoms with Gasteiger partial charge in [-0.25, -0.2) is 8.42 Å². The van der Waals surface area contributed by atoms with Gasteiger partial charge in [0.05, 0.1) is 23.9 Å². The van der Waals surface area contributed by atoms with Crippen molar-refractivity contribution in [2.24, 2.45) is 0 Å². The molecule has 1 aromatic heterocycles. The highest BCUT2D eigenvalue weighted by atomic mass is 32.2. The molecule has 1 aromatic rings. The molecule has 2 fully saturated rings. The topological polar surface area (TPSA) is 94.4 Å². The van der Waals surface area contributed by atoms with Crippen molar-refractivity contribution in [2.75, 3.05) is 37.5 Å². The second-order valence-electron chi connectivity index (χ2n) is 6.56. The second kappa shape index (κ2) is 7.63. The average Bonchev–Trinajstić information content (AvgIpc) is 3.24. The first-order valence-corrected chi connectivity index (χ1v) is 11.2. The number of methoxy groups -OCH3 is 1. The van der Waals surface area contributed by atoms with Crippen LogP contribution in [0.5, 0.6) is 0 Å². The molecule has 0 spiro atoms. The molecule has 8 nitrogen and oxygen atoms in total. The second-order valence-corrected chi connectivity index (χ2v) is 9.73. The number of sulfone groups is 1. The summed E-state index contributed by atoms with van der Waals surface area (Å²) in [4.78, 5) is 14.4. The van der Waals surface area contributed by atoms with Crippen LogP contribution >= 0.6 is 11.8 Å². The van der Waals surface area contributed by atoms with Crippen molar-refractivity contribution in [3.8, 4) is 0 Å². The Balaban J connectivity index is 1.64. The van der Waals surface area contributed by atoms with Crippen molar-refractivity contribution in [2.45, 2.75) is 43.4 Å². The van der Waals surface area contributed by atoms with Crippen LogP contribution in [0.2, 0.25) is 0 Å². The van der Waals surface area contributed by atoms with Gasteiger partial charge in [0.2, 0.25) is 5.91 Å². The Morgan fingerprint density at radius 2 is 2.12 bits per heavy atom. The zero-order valence-electron chi connectivity index (χ0n) is 14.5. The predicted molar refractivity (Wildman–Crippen MR) is 94.4 cm³/mol. The van der Waals surface area contributed by atoms with Gasteiger partial charge in [-0.3, -0.25) is 4.79 Å². The van der Waals surface area contributed by atoms with E-state index >= 15 is 0 Å². The van der Waals surface area contributed by atoms with Crippen LogP contribution in [-0.4, -0.2) is 77.6 Å². The van der Waals surface area contributed by atoms with Crippen molar-refractivity contribution in [3.63, 3.8) is 0 Å². The van der Waals surface area contributed by atoms with E-state index in [9.17, 15) is 13.2 Å². The van der Waals surface area contributed by atoms with E-state index in [-0.39, 0.29) is 29.2 Å². The third-order valence-electron chi connectivity index (χ3n) is 4.58. The molecule has 10 heteroatoms. The molecule has 1 aliphatic heterocycles. The number of hydrogen-bond acceptors (Lipinski definition) is 7. The Morgan fingerprint density at radius 1 is 1.36 bits per heavy atom. The van der Waals surface area contributed by atoms with Gasteiger partial charge in [0.1, 0.15) is 5.82 Å². The van der Waals surface area contributed by atoms with Gasteiger partial charge in [-0.05, 0) is 26.2 Å². The Bertz CT molecular complexity index is 730. The number of hydrogen-bond donors (Lipinski definition) is 0. The largest absolute Gasteiger partial charge is 0.383 e. The number of amides is 1. The van der Waals surface area contributed by atoms with E-state index in [4.69, 9.17) is 4.74 Å². The molecule has 1 atom stereocenters. The molecule has 1 saturated carbocycles. The minimum atomic E-state index is -3.04. The minimum Gasteiger partial charge on any atom is -0.383 e. The fourth-order valence-corrected chi connectivity index (χ4v) is 5.80. The van der Waals surface area contributed by atoms with Gasteiger partial charge in [-0.2, -0.15) is 0 Å². The standard InChI is InChI=1S/C15H24N4O4S2/c1-11-16-17-15(19(11)12-3-4-12)24-9-14(20)18(6-7-23-2)13-5-8-25(21,22)10-13/h12-13H,3-10H2,1-2H3/t13-/m1/s1. The lowest BCUT2D eigenvalue weighted by Gasteiger charge is -2.28. The number of rotatable bonds is 8. The zero-order valence-corrected chi connectivity index (χ0v) is 16.2. The summed E-state index contributed by atoms with van der Waals surface area (Å²) in [5.41, 5.74) is 0. The van der Waals surface area contributed by atoms with Crippen LogP contribution < -0.4 is 0 Å². The summed E-state index contributed by atoms with van der Waals surface area (Å²) < 4.78 is 30.7. The molecule has 1 amide bonds. The van der Waals surface area contributed by atoms with Crippen LogP contribution in [0.25, 0.3) is 0 Å². The van der Waals surface area contributed by atoms with Crippen LogP contribution in [0.4, 0.5) is 0 Å². The molecule has 0 N–H and O–H groups in total. The summed E-state index contributed by atoms with van der Waals surface area (Å²) in [5, 5.41) is 9.05. The number of nitrogens with zero attached hydrogens (tertiary/aromatic N) is 4. The molecule has 0 unspecified atom stereocenters. The highest BCUT2D eigenvalue weighted by molar-refractivity contribution is 7.99. The Labute approximate surface area is 152 Å². The smallest absolute Gasteiger partial charge is 0.233 e. The fourth-order valence-electron chi connectivity index (χ4n) is 3.13. The summed E-state index contributed by atoms with van der Waals surface area (Å²) in [6.45, 7) is 2.72. The number of ether oxygens (including phenoxy) is 1. The van der Waals surface area contributed by atoms with E-state index in [1.807, 2.05) is 6.92 Å². The van der Waals surface area contributed by atoms with Crippen LogP contribution in [0, 0.1) is 6.92 Å². The van der Waals surface area contributed by atoms with E-state index < -0.39 is 9.84 Å². The molecule has 0 aromatic carbocycles. The zero-order chi connectivity index (χ0) is 18.0. The van der Waals surface area contributed by atoms with Crippen molar-refractivity contribution < 1.29 is 17.9 Å². The normalized spacial score (nSPS) is 22.2. The molecular formula is C15H24N4O4S2. The first-order chi connectivity index (χ1) is 11.9. The quantitative estimate of drug-likeness (QED) is 0.604. The lowest BCUT2D eigenvalue weighted by Crippen LogP contribution is -2.44. The van der Waals surface area contributed by atoms with E-state index in [2.05, 4.69) is 14.8 Å². The summed E-state index contributed by atoms with van der Waals surface area (Å²) >= 11 is 1.37. The van der Waals surface area contributed by atoms with Crippen molar-refractivity contribution in [1.82, 2.24) is 19.7 Å². The fraction of sp³-hybridized carbons (Fsp3) is 0.800. The predicted octanol–water partition coefficient (Wildman–Crippen LogP) is 0.676. The highest BCUT2D eigenvalue weighted by Gasteiger charge is 2.35. The maximum Gasteiger partial charge on any atom is 0.233 e. The SMILES string of the molecule is COCCN(C(=O)CSc1nnc(C)n1C1CC1)[C@@H]1CCS(=O)(=O)C1. The molecule has 1 aliphatic carbocycles. The van der Waals surface area contributed by atoms with Crippen LogP contribution in [0.15, 0.2) is 5.16 Å². The molecule has 0 bridgehead atoms. The van der Waals surface area contributed by atoms with E-state index in [0.29, 0.717) is 25.6 Å². The maximum atomic E-state index is 12.7. The first kappa shape index (κ1) is 18.7. The van der Waals surface area contributed by atoms with Gasteiger partial charge in [0, 0.05) is 25.7 Å². The third kappa shape index (κ3) is 4.53. The number of aromatic nitrogens is 3. The third-order valence-corrected chi connectivity index (χ3v) is 7.26. The molecule has 3 rings (SSSR count). The van der Waals surface area contributed by atoms with E-state index in [1.54, 1.807) is 12.0 Å². The Hall–Kier alpha value is -1.13. The van der Waals surface area contributed by atoms with Gasteiger partial charge in [-0.1, -0.05) is 11.8 Å². The van der Waals surface area contributed by atoms with Crippen molar-refractivity contribution in [1.29, 1.82) is 0 Å². The first-order valence-electron chi connectivity index (χ1n) is 8.44. The van der Waals surface area contributed by atoms with E-state index in [1.165, 1.54) is 11.8 Å². The number of carbonyl (C=O) groups excluding carboxylic acids is 1. The molecule has 2 aliphatic rings. The van der Waals surface area contributed by atoms with Crippen molar-refractivity contribution in [3.05, 3.63) is 5.82 Å². The lowest BCUT2D eigenvalue weighted by atomic mass is 10.2. The molecular weight excluding hydrogens is 364 g/mol. The molecule has 2 heterocycles. The summed E-state index contributed by atoms with van der Waals surface area (Å²) in [7, 11) is -1.47. The van der Waals surface area contributed by atoms with Gasteiger partial charge in [0.15, 0.2) is 15.0 Å². The number of thioether (sulfide) groups is 1. The number of aryl methyl sites for hydroxylation is 1. The van der Waals surface area contributed by atoms with Gasteiger partial charge in [-0.15, -0.1) is 10.2 Å². The average molecular weight is 389 g/mol. The number of carbonyl (C=O) groups is 1. The molecule has 140 valence electrons. The summed E-state index contributed by atoms with van der Waals surface area (Å²) in [5.74, 6) is 1.22. The Morgan fingerprint density at radius 3 is 2.72 bits per heavy atom.